The molecule has 0 bridgehead atoms. The first-order valence-corrected chi connectivity index (χ1v) is 26.5. The van der Waals surface area contributed by atoms with E-state index >= 15 is 0 Å². The number of rotatable bonds is 46. The molecule has 1 unspecified atom stereocenters. The Labute approximate surface area is 400 Å². The van der Waals surface area contributed by atoms with Gasteiger partial charge in [0.1, 0.15) is 13.2 Å². The van der Waals surface area contributed by atoms with Gasteiger partial charge in [-0.05, 0) is 57.8 Å². The van der Waals surface area contributed by atoms with Gasteiger partial charge in [-0.2, -0.15) is 0 Å². The maximum atomic E-state index is 12.8. The van der Waals surface area contributed by atoms with Gasteiger partial charge in [-0.1, -0.05) is 259 Å². The van der Waals surface area contributed by atoms with E-state index in [-0.39, 0.29) is 31.1 Å². The fraction of sp³-hybridized carbons (Fsp3) is 0.644. The Bertz CT molecular complexity index is 1360. The molecule has 0 fully saturated rings. The lowest BCUT2D eigenvalue weighted by atomic mass is 10.0. The number of esters is 3. The molecule has 0 aromatic rings. The molecule has 6 nitrogen and oxygen atoms in total. The van der Waals surface area contributed by atoms with Crippen molar-refractivity contribution in [3.05, 3.63) is 109 Å². The van der Waals surface area contributed by atoms with Gasteiger partial charge in [-0.25, -0.2) is 0 Å². The van der Waals surface area contributed by atoms with Gasteiger partial charge in [0.15, 0.2) is 6.10 Å². The average molecular weight is 901 g/mol. The summed E-state index contributed by atoms with van der Waals surface area (Å²) >= 11 is 0. The van der Waals surface area contributed by atoms with Crippen LogP contribution in [0.3, 0.4) is 0 Å². The summed E-state index contributed by atoms with van der Waals surface area (Å²) in [7, 11) is 0. The van der Waals surface area contributed by atoms with Crippen LogP contribution in [0.2, 0.25) is 0 Å². The molecule has 0 saturated heterocycles. The van der Waals surface area contributed by atoms with Gasteiger partial charge in [0.25, 0.3) is 0 Å². The number of ether oxygens (including phenoxy) is 3. The number of unbranched alkanes of at least 4 members (excludes halogenated alkanes) is 24. The first-order valence-electron chi connectivity index (χ1n) is 26.5. The van der Waals surface area contributed by atoms with E-state index in [4.69, 9.17) is 14.2 Å². The molecule has 0 aromatic carbocycles. The standard InChI is InChI=1S/C59H96O6/c1-4-7-10-13-16-19-22-25-27-29-31-34-37-40-43-46-49-52-58(61)64-55-56(54-63-57(60)51-48-45-42-39-36-33-24-21-18-15-12-9-6-3)65-59(62)53-50-47-44-41-38-35-32-30-28-26-23-20-17-14-11-8-5-2/h7,9-10,12-13,15-16,18-19,21-22,24-25,27,29,31,34,37,56H,4-6,8,11,14,17,20,23,26,28,30,32-33,35-36,38-55H2,1-3H3/b10-7-,12-9-,16-13-,18-15-,22-19-,24-21-,27-25-,31-29+,37-34-. The summed E-state index contributed by atoms with van der Waals surface area (Å²) in [4.78, 5) is 38.0. The molecule has 0 spiro atoms. The maximum Gasteiger partial charge on any atom is 0.306 e. The van der Waals surface area contributed by atoms with Gasteiger partial charge in [-0.15, -0.1) is 0 Å². The van der Waals surface area contributed by atoms with Gasteiger partial charge in [-0.3, -0.25) is 14.4 Å². The fourth-order valence-electron chi connectivity index (χ4n) is 7.06. The Balaban J connectivity index is 4.49. The minimum absolute atomic E-state index is 0.104. The van der Waals surface area contributed by atoms with E-state index in [1.165, 1.54) is 89.9 Å². The molecule has 6 heteroatoms. The Morgan fingerprint density at radius 1 is 0.323 bits per heavy atom. The lowest BCUT2D eigenvalue weighted by Crippen LogP contribution is -2.30. The summed E-state index contributed by atoms with van der Waals surface area (Å²) in [6.45, 7) is 6.30. The smallest absolute Gasteiger partial charge is 0.306 e. The first-order chi connectivity index (χ1) is 32.0. The molecule has 0 aliphatic heterocycles. The highest BCUT2D eigenvalue weighted by molar-refractivity contribution is 5.71. The molecule has 0 heterocycles. The number of hydrogen-bond donors (Lipinski definition) is 0. The minimum Gasteiger partial charge on any atom is -0.462 e. The van der Waals surface area contributed by atoms with Crippen LogP contribution in [0.15, 0.2) is 109 Å². The van der Waals surface area contributed by atoms with Crippen LogP contribution in [-0.2, 0) is 28.6 Å². The van der Waals surface area contributed by atoms with Crippen molar-refractivity contribution in [2.24, 2.45) is 0 Å². The monoisotopic (exact) mass is 901 g/mol. The van der Waals surface area contributed by atoms with E-state index in [1.807, 2.05) is 60.8 Å². The Morgan fingerprint density at radius 2 is 0.600 bits per heavy atom. The summed E-state index contributed by atoms with van der Waals surface area (Å²) in [5.74, 6) is -0.968. The summed E-state index contributed by atoms with van der Waals surface area (Å²) < 4.78 is 16.8. The molecular weight excluding hydrogens is 805 g/mol. The van der Waals surface area contributed by atoms with Crippen molar-refractivity contribution in [3.63, 3.8) is 0 Å². The second kappa shape index (κ2) is 52.7. The maximum absolute atomic E-state index is 12.8. The van der Waals surface area contributed by atoms with Crippen LogP contribution in [0.4, 0.5) is 0 Å². The van der Waals surface area contributed by atoms with Crippen molar-refractivity contribution in [1.82, 2.24) is 0 Å². The largest absolute Gasteiger partial charge is 0.462 e. The van der Waals surface area contributed by atoms with Crippen LogP contribution in [0.25, 0.3) is 0 Å². The minimum atomic E-state index is -0.805. The summed E-state index contributed by atoms with van der Waals surface area (Å²) in [5.41, 5.74) is 0. The van der Waals surface area contributed by atoms with Crippen LogP contribution in [0.5, 0.6) is 0 Å². The average Bonchev–Trinajstić information content (AvgIpc) is 3.30. The van der Waals surface area contributed by atoms with Gasteiger partial charge in [0.2, 0.25) is 0 Å². The van der Waals surface area contributed by atoms with Crippen molar-refractivity contribution >= 4 is 17.9 Å². The lowest BCUT2D eigenvalue weighted by molar-refractivity contribution is -0.167. The molecule has 0 aliphatic carbocycles. The van der Waals surface area contributed by atoms with E-state index in [1.54, 1.807) is 0 Å². The van der Waals surface area contributed by atoms with Gasteiger partial charge >= 0.3 is 17.9 Å². The molecule has 0 radical (unpaired) electrons. The zero-order chi connectivity index (χ0) is 47.2. The van der Waals surface area contributed by atoms with E-state index in [2.05, 4.69) is 69.4 Å². The van der Waals surface area contributed by atoms with Crippen LogP contribution in [0, 0.1) is 0 Å². The summed E-state index contributed by atoms with van der Waals surface area (Å²) in [5, 5.41) is 0. The van der Waals surface area contributed by atoms with Gasteiger partial charge in [0.05, 0.1) is 0 Å². The Morgan fingerprint density at radius 3 is 0.954 bits per heavy atom. The summed E-state index contributed by atoms with van der Waals surface area (Å²) in [6, 6.07) is 0. The van der Waals surface area contributed by atoms with Crippen molar-refractivity contribution in [2.75, 3.05) is 13.2 Å². The van der Waals surface area contributed by atoms with Crippen LogP contribution >= 0.6 is 0 Å². The SMILES string of the molecule is CC\C=C/C=C\C=C/C=C\C=C\C=C/CCCCCC(=O)OCC(COC(=O)CCCCCCC\C=C/C=C\C=C/CC)OC(=O)CCCCCCCCCCCCCCCCCCC. The van der Waals surface area contributed by atoms with Crippen molar-refractivity contribution in [1.29, 1.82) is 0 Å². The molecule has 0 N–H and O–H groups in total. The van der Waals surface area contributed by atoms with Gasteiger partial charge in [0, 0.05) is 19.3 Å². The highest BCUT2D eigenvalue weighted by Crippen LogP contribution is 2.15. The number of carbonyl (C=O) groups excluding carboxylic acids is 3. The van der Waals surface area contributed by atoms with Crippen LogP contribution in [0.1, 0.15) is 226 Å². The highest BCUT2D eigenvalue weighted by Gasteiger charge is 2.19. The number of carbonyl (C=O) groups is 3. The number of allylic oxidation sites excluding steroid dienone is 18. The van der Waals surface area contributed by atoms with Crippen molar-refractivity contribution in [3.8, 4) is 0 Å². The lowest BCUT2D eigenvalue weighted by Gasteiger charge is -2.18. The molecular formula is C59H96O6. The number of hydrogen-bond acceptors (Lipinski definition) is 6. The van der Waals surface area contributed by atoms with E-state index in [9.17, 15) is 14.4 Å². The second-order valence-corrected chi connectivity index (χ2v) is 17.2. The Kier molecular flexibility index (Phi) is 49.5. The molecule has 0 amide bonds. The molecule has 0 rings (SSSR count). The molecule has 65 heavy (non-hydrogen) atoms. The zero-order valence-electron chi connectivity index (χ0n) is 42.0. The summed E-state index contributed by atoms with van der Waals surface area (Å²) in [6.07, 6.45) is 70.7. The molecule has 0 aliphatic rings. The fourth-order valence-corrected chi connectivity index (χ4v) is 7.06. The quantitative estimate of drug-likeness (QED) is 0.0262. The topological polar surface area (TPSA) is 78.9 Å². The predicted molar refractivity (Wildman–Crippen MR) is 279 cm³/mol. The normalized spacial score (nSPS) is 13.0. The van der Waals surface area contributed by atoms with Gasteiger partial charge < -0.3 is 14.2 Å². The second-order valence-electron chi connectivity index (χ2n) is 17.2. The third kappa shape index (κ3) is 50.9. The molecule has 368 valence electrons. The van der Waals surface area contributed by atoms with E-state index in [0.717, 1.165) is 96.3 Å². The zero-order valence-corrected chi connectivity index (χ0v) is 42.0. The predicted octanol–water partition coefficient (Wildman–Crippen LogP) is 17.5. The first kappa shape index (κ1) is 61.1. The molecule has 1 atom stereocenters. The third-order valence-corrected chi connectivity index (χ3v) is 11.0. The highest BCUT2D eigenvalue weighted by atomic mass is 16.6. The third-order valence-electron chi connectivity index (χ3n) is 11.0. The van der Waals surface area contributed by atoms with E-state index in [0.29, 0.717) is 19.3 Å². The van der Waals surface area contributed by atoms with Crippen molar-refractivity contribution in [2.45, 2.75) is 232 Å². The Hall–Kier alpha value is -3.93. The molecule has 0 saturated carbocycles. The van der Waals surface area contributed by atoms with Crippen molar-refractivity contribution < 1.29 is 28.6 Å². The van der Waals surface area contributed by atoms with Crippen LogP contribution < -0.4 is 0 Å². The van der Waals surface area contributed by atoms with E-state index < -0.39 is 6.10 Å². The van der Waals surface area contributed by atoms with Crippen LogP contribution in [-0.4, -0.2) is 37.2 Å². The molecule has 0 aromatic heterocycles.